The predicted octanol–water partition coefficient (Wildman–Crippen LogP) is 3.99. The van der Waals surface area contributed by atoms with Crippen molar-refractivity contribution in [1.82, 2.24) is 9.62 Å². The Morgan fingerprint density at radius 1 is 1.17 bits per heavy atom. The normalized spacial score (nSPS) is 33.9. The first-order valence-corrected chi connectivity index (χ1v) is 13.1. The zero-order valence-electron chi connectivity index (χ0n) is 17.6. The summed E-state index contributed by atoms with van der Waals surface area (Å²) in [6.45, 7) is 3.41. The van der Waals surface area contributed by atoms with E-state index in [9.17, 15) is 13.2 Å². The SMILES string of the molecule is Cc1c(Cl)cccc1S(=O)(=O)N1CCC(CNC(=O)C23CC4CC2C[C@H](C4)C3)CC1. The predicted molar refractivity (Wildman–Crippen MR) is 117 cm³/mol. The van der Waals surface area contributed by atoms with Gasteiger partial charge in [-0.3, -0.25) is 4.79 Å². The molecule has 4 saturated carbocycles. The number of halogens is 1. The van der Waals surface area contributed by atoms with Gasteiger partial charge in [-0.2, -0.15) is 4.31 Å². The fraction of sp³-hybridized carbons (Fsp3) is 0.696. The molecule has 1 saturated heterocycles. The van der Waals surface area contributed by atoms with Crippen molar-refractivity contribution in [2.24, 2.45) is 29.1 Å². The molecule has 5 fully saturated rings. The summed E-state index contributed by atoms with van der Waals surface area (Å²) in [5.41, 5.74) is 0.524. The maximum Gasteiger partial charge on any atom is 0.243 e. The highest BCUT2D eigenvalue weighted by Gasteiger charge is 2.61. The van der Waals surface area contributed by atoms with Crippen molar-refractivity contribution in [2.75, 3.05) is 19.6 Å². The maximum absolute atomic E-state index is 13.1. The van der Waals surface area contributed by atoms with E-state index in [0.717, 1.165) is 37.5 Å². The lowest BCUT2D eigenvalue weighted by Crippen LogP contribution is -2.46. The number of benzene rings is 1. The lowest BCUT2D eigenvalue weighted by atomic mass is 9.75. The number of sulfonamides is 1. The van der Waals surface area contributed by atoms with Crippen LogP contribution in [0.5, 0.6) is 0 Å². The highest BCUT2D eigenvalue weighted by Crippen LogP contribution is 2.65. The lowest BCUT2D eigenvalue weighted by molar-refractivity contribution is -0.133. The second kappa shape index (κ2) is 7.49. The number of carbonyl (C=O) groups excluding carboxylic acids is 1. The zero-order valence-corrected chi connectivity index (χ0v) is 19.1. The molecule has 5 aliphatic rings. The van der Waals surface area contributed by atoms with Gasteiger partial charge < -0.3 is 5.32 Å². The van der Waals surface area contributed by atoms with Crippen molar-refractivity contribution in [3.05, 3.63) is 28.8 Å². The van der Waals surface area contributed by atoms with Crippen LogP contribution < -0.4 is 5.32 Å². The van der Waals surface area contributed by atoms with Gasteiger partial charge in [0.25, 0.3) is 0 Å². The van der Waals surface area contributed by atoms with Gasteiger partial charge in [0.15, 0.2) is 0 Å². The van der Waals surface area contributed by atoms with Crippen LogP contribution in [0, 0.1) is 36.0 Å². The number of rotatable bonds is 5. The lowest BCUT2D eigenvalue weighted by Gasteiger charge is -2.34. The molecule has 5 nitrogen and oxygen atoms in total. The highest BCUT2D eigenvalue weighted by atomic mass is 35.5. The first-order chi connectivity index (χ1) is 14.3. The topological polar surface area (TPSA) is 66.5 Å². The van der Waals surface area contributed by atoms with Crippen molar-refractivity contribution in [3.63, 3.8) is 0 Å². The molecule has 30 heavy (non-hydrogen) atoms. The largest absolute Gasteiger partial charge is 0.355 e. The summed E-state index contributed by atoms with van der Waals surface area (Å²) in [7, 11) is -3.54. The van der Waals surface area contributed by atoms with Crippen LogP contribution >= 0.6 is 11.6 Å². The summed E-state index contributed by atoms with van der Waals surface area (Å²) in [5.74, 6) is 2.78. The molecular weight excluding hydrogens is 420 g/mol. The van der Waals surface area contributed by atoms with E-state index in [1.807, 2.05) is 0 Å². The second-order valence-corrected chi connectivity index (χ2v) is 12.4. The Hall–Kier alpha value is -1.11. The minimum absolute atomic E-state index is 0.0816. The molecule has 0 radical (unpaired) electrons. The first kappa shape index (κ1) is 20.8. The zero-order chi connectivity index (χ0) is 21.1. The molecule has 1 N–H and O–H groups in total. The average Bonchev–Trinajstić information content (AvgIpc) is 3.13. The quantitative estimate of drug-likeness (QED) is 0.737. The first-order valence-electron chi connectivity index (χ1n) is 11.3. The van der Waals surface area contributed by atoms with E-state index in [1.165, 1.54) is 19.3 Å². The van der Waals surface area contributed by atoms with Crippen LogP contribution in [0.15, 0.2) is 23.1 Å². The van der Waals surface area contributed by atoms with Crippen molar-refractivity contribution < 1.29 is 13.2 Å². The van der Waals surface area contributed by atoms with Crippen LogP contribution in [0.3, 0.4) is 0 Å². The van der Waals surface area contributed by atoms with Crippen molar-refractivity contribution in [1.29, 1.82) is 0 Å². The number of piperidine rings is 1. The molecule has 1 heterocycles. The van der Waals surface area contributed by atoms with E-state index >= 15 is 0 Å². The molecule has 1 amide bonds. The molecule has 1 aliphatic heterocycles. The Kier molecular flexibility index (Phi) is 5.19. The van der Waals surface area contributed by atoms with Gasteiger partial charge in [-0.15, -0.1) is 0 Å². The monoisotopic (exact) mass is 450 g/mol. The van der Waals surface area contributed by atoms with Crippen LogP contribution in [-0.2, 0) is 14.8 Å². The second-order valence-electron chi connectivity index (χ2n) is 10.1. The van der Waals surface area contributed by atoms with E-state index in [4.69, 9.17) is 11.6 Å². The number of hydrogen-bond acceptors (Lipinski definition) is 3. The minimum Gasteiger partial charge on any atom is -0.355 e. The summed E-state index contributed by atoms with van der Waals surface area (Å²) < 4.78 is 27.7. The van der Waals surface area contributed by atoms with Crippen molar-refractivity contribution in [3.8, 4) is 0 Å². The molecule has 4 aliphatic carbocycles. The molecule has 1 aromatic carbocycles. The third kappa shape index (κ3) is 3.30. The van der Waals surface area contributed by atoms with Gasteiger partial charge in [0, 0.05) is 24.7 Å². The van der Waals surface area contributed by atoms with Gasteiger partial charge >= 0.3 is 0 Å². The maximum atomic E-state index is 13.1. The Morgan fingerprint density at radius 2 is 1.83 bits per heavy atom. The number of carbonyl (C=O) groups is 1. The molecule has 4 atom stereocenters. The van der Waals surface area contributed by atoms with Crippen LogP contribution in [0.2, 0.25) is 5.02 Å². The molecule has 4 bridgehead atoms. The van der Waals surface area contributed by atoms with E-state index in [-0.39, 0.29) is 11.3 Å². The molecule has 0 spiro atoms. The van der Waals surface area contributed by atoms with Gasteiger partial charge in [0.1, 0.15) is 0 Å². The third-order valence-corrected chi connectivity index (χ3v) is 10.9. The standard InChI is InChI=1S/C23H31ClN2O3S/c1-15-20(24)3-2-4-21(15)30(28,29)26-7-5-16(6-8-26)14-25-22(27)23-12-17-9-18(13-23)11-19(23)10-17/h2-4,16-19H,5-14H2,1H3,(H,25,27)/t17-,18?,19?,23?/m0/s1. The number of nitrogens with zero attached hydrogens (tertiary/aromatic N) is 1. The Bertz CT molecular complexity index is 941. The number of amides is 1. The summed E-state index contributed by atoms with van der Waals surface area (Å²) >= 11 is 6.13. The van der Waals surface area contributed by atoms with Crippen LogP contribution in [-0.4, -0.2) is 38.3 Å². The molecule has 164 valence electrons. The molecule has 7 heteroatoms. The summed E-state index contributed by atoms with van der Waals surface area (Å²) in [4.78, 5) is 13.4. The van der Waals surface area contributed by atoms with Crippen molar-refractivity contribution >= 4 is 27.5 Å². The fourth-order valence-electron chi connectivity index (χ4n) is 6.94. The highest BCUT2D eigenvalue weighted by molar-refractivity contribution is 7.89. The number of hydrogen-bond donors (Lipinski definition) is 1. The third-order valence-electron chi connectivity index (χ3n) is 8.40. The molecule has 0 aromatic heterocycles. The Morgan fingerprint density at radius 3 is 2.50 bits per heavy atom. The smallest absolute Gasteiger partial charge is 0.243 e. The van der Waals surface area contributed by atoms with Gasteiger partial charge in [-0.1, -0.05) is 17.7 Å². The minimum atomic E-state index is -3.54. The number of nitrogens with one attached hydrogen (secondary N) is 1. The van der Waals surface area contributed by atoms with Crippen LogP contribution in [0.25, 0.3) is 0 Å². The van der Waals surface area contributed by atoms with Crippen LogP contribution in [0.1, 0.15) is 50.5 Å². The molecular formula is C23H31ClN2O3S. The fourth-order valence-corrected chi connectivity index (χ4v) is 8.89. The molecule has 1 aromatic rings. The van der Waals surface area contributed by atoms with Crippen LogP contribution in [0.4, 0.5) is 0 Å². The van der Waals surface area contributed by atoms with Gasteiger partial charge in [-0.25, -0.2) is 8.42 Å². The van der Waals surface area contributed by atoms with E-state index in [1.54, 1.807) is 29.4 Å². The average molecular weight is 451 g/mol. The Balaban J connectivity index is 1.17. The summed E-state index contributed by atoms with van der Waals surface area (Å²) in [5, 5.41) is 3.75. The van der Waals surface area contributed by atoms with Gasteiger partial charge in [0.05, 0.1) is 10.3 Å². The summed E-state index contributed by atoms with van der Waals surface area (Å²) in [6.07, 6.45) is 7.59. The van der Waals surface area contributed by atoms with Gasteiger partial charge in [-0.05, 0) is 93.2 Å². The summed E-state index contributed by atoms with van der Waals surface area (Å²) in [6, 6.07) is 5.03. The van der Waals surface area contributed by atoms with Gasteiger partial charge in [0.2, 0.25) is 15.9 Å². The van der Waals surface area contributed by atoms with E-state index in [2.05, 4.69) is 5.32 Å². The molecule has 3 unspecified atom stereocenters. The van der Waals surface area contributed by atoms with E-state index < -0.39 is 10.0 Å². The van der Waals surface area contributed by atoms with E-state index in [0.29, 0.717) is 47.0 Å². The van der Waals surface area contributed by atoms with Crippen molar-refractivity contribution in [2.45, 2.75) is 56.8 Å². The Labute approximate surface area is 184 Å². The molecule has 6 rings (SSSR count).